The molecular formula is C13H9N3O3. The van der Waals surface area contributed by atoms with E-state index in [1.807, 2.05) is 31.2 Å². The molecule has 0 atom stereocenters. The van der Waals surface area contributed by atoms with Crippen LogP contribution in [0.25, 0.3) is 22.2 Å². The molecule has 6 heteroatoms. The third kappa shape index (κ3) is 1.74. The fourth-order valence-corrected chi connectivity index (χ4v) is 2.09. The molecule has 0 amide bonds. The van der Waals surface area contributed by atoms with Crippen molar-refractivity contribution >= 4 is 16.7 Å². The second kappa shape index (κ2) is 4.16. The second-order valence-electron chi connectivity index (χ2n) is 4.17. The summed E-state index contributed by atoms with van der Waals surface area (Å²) in [4.78, 5) is 10.4. The van der Waals surface area contributed by atoms with Crippen molar-refractivity contribution in [3.63, 3.8) is 0 Å². The molecule has 0 aliphatic heterocycles. The van der Waals surface area contributed by atoms with Gasteiger partial charge in [0.25, 0.3) is 0 Å². The second-order valence-corrected chi connectivity index (χ2v) is 4.17. The van der Waals surface area contributed by atoms with E-state index in [0.29, 0.717) is 5.52 Å². The Kier molecular flexibility index (Phi) is 2.49. The van der Waals surface area contributed by atoms with E-state index < -0.39 is 4.92 Å². The van der Waals surface area contributed by atoms with E-state index in [9.17, 15) is 10.1 Å². The van der Waals surface area contributed by atoms with Gasteiger partial charge >= 0.3 is 5.69 Å². The first-order valence-corrected chi connectivity index (χ1v) is 5.64. The van der Waals surface area contributed by atoms with Crippen LogP contribution in [-0.4, -0.2) is 15.2 Å². The van der Waals surface area contributed by atoms with Gasteiger partial charge in [-0.15, -0.1) is 0 Å². The van der Waals surface area contributed by atoms with Crippen LogP contribution in [0.5, 0.6) is 0 Å². The Morgan fingerprint density at radius 2 is 1.79 bits per heavy atom. The number of nitro benzene ring substituents is 1. The average molecular weight is 255 g/mol. The molecule has 0 N–H and O–H groups in total. The Balaban J connectivity index is 2.33. The van der Waals surface area contributed by atoms with Crippen LogP contribution in [-0.2, 0) is 0 Å². The van der Waals surface area contributed by atoms with Crippen molar-refractivity contribution in [2.24, 2.45) is 0 Å². The maximum Gasteiger partial charge on any atom is 0.300 e. The van der Waals surface area contributed by atoms with Gasteiger partial charge in [-0.25, -0.2) is 4.63 Å². The van der Waals surface area contributed by atoms with Gasteiger partial charge in [0.2, 0.25) is 5.52 Å². The zero-order valence-electron chi connectivity index (χ0n) is 10.0. The van der Waals surface area contributed by atoms with Gasteiger partial charge in [0.05, 0.1) is 4.92 Å². The van der Waals surface area contributed by atoms with Crippen molar-refractivity contribution < 1.29 is 9.55 Å². The van der Waals surface area contributed by atoms with Crippen LogP contribution < -0.4 is 0 Å². The molecule has 3 aromatic rings. The third-order valence-electron chi connectivity index (χ3n) is 3.03. The quantitative estimate of drug-likeness (QED) is 0.519. The van der Waals surface area contributed by atoms with E-state index in [1.54, 1.807) is 6.07 Å². The molecular weight excluding hydrogens is 246 g/mol. The summed E-state index contributed by atoms with van der Waals surface area (Å²) in [5.74, 6) is 0. The average Bonchev–Trinajstić information content (AvgIpc) is 2.87. The lowest BCUT2D eigenvalue weighted by Gasteiger charge is -2.05. The van der Waals surface area contributed by atoms with Crippen molar-refractivity contribution in [1.82, 2.24) is 10.3 Å². The molecule has 0 radical (unpaired) electrons. The van der Waals surface area contributed by atoms with E-state index in [0.717, 1.165) is 16.7 Å². The Morgan fingerprint density at radius 3 is 2.53 bits per heavy atom. The predicted octanol–water partition coefficient (Wildman–Crippen LogP) is 3.11. The highest BCUT2D eigenvalue weighted by atomic mass is 16.6. The number of nitrogens with zero attached hydrogens (tertiary/aromatic N) is 3. The summed E-state index contributed by atoms with van der Waals surface area (Å²) in [6.45, 7) is 1.97. The summed E-state index contributed by atoms with van der Waals surface area (Å²) in [5.41, 5.74) is 3.27. The number of non-ortho nitro benzene ring substituents is 1. The minimum Gasteiger partial charge on any atom is -0.258 e. The van der Waals surface area contributed by atoms with Crippen molar-refractivity contribution in [2.45, 2.75) is 6.92 Å². The third-order valence-corrected chi connectivity index (χ3v) is 3.03. The Hall–Kier alpha value is -2.76. The van der Waals surface area contributed by atoms with Gasteiger partial charge in [-0.2, -0.15) is 0 Å². The minimum absolute atomic E-state index is 0.103. The van der Waals surface area contributed by atoms with Crippen molar-refractivity contribution in [3.8, 4) is 11.1 Å². The first-order valence-electron chi connectivity index (χ1n) is 5.64. The molecule has 0 unspecified atom stereocenters. The summed E-state index contributed by atoms with van der Waals surface area (Å²) in [6.07, 6.45) is 0. The highest BCUT2D eigenvalue weighted by Gasteiger charge is 2.20. The molecule has 1 aromatic heterocycles. The minimum atomic E-state index is -0.492. The molecule has 3 rings (SSSR count). The van der Waals surface area contributed by atoms with Crippen LogP contribution >= 0.6 is 0 Å². The fraction of sp³-hybridized carbons (Fsp3) is 0.0769. The Bertz CT molecular complexity index is 780. The zero-order valence-corrected chi connectivity index (χ0v) is 10.0. The van der Waals surface area contributed by atoms with Crippen molar-refractivity contribution in [2.75, 3.05) is 0 Å². The molecule has 2 aromatic carbocycles. The number of fused-ring (bicyclic) bond motifs is 1. The molecule has 0 saturated carbocycles. The Labute approximate surface area is 107 Å². The van der Waals surface area contributed by atoms with Crippen LogP contribution in [0.3, 0.4) is 0 Å². The van der Waals surface area contributed by atoms with Crippen LogP contribution in [0, 0.1) is 17.0 Å². The van der Waals surface area contributed by atoms with E-state index in [1.165, 1.54) is 6.07 Å². The maximum atomic E-state index is 10.9. The summed E-state index contributed by atoms with van der Waals surface area (Å²) in [6, 6.07) is 10.8. The number of aromatic nitrogens is 2. The van der Waals surface area contributed by atoms with Crippen LogP contribution in [0.4, 0.5) is 5.69 Å². The number of rotatable bonds is 2. The molecule has 0 bridgehead atoms. The van der Waals surface area contributed by atoms with E-state index in [4.69, 9.17) is 0 Å². The number of nitro groups is 1. The lowest BCUT2D eigenvalue weighted by atomic mass is 9.99. The van der Waals surface area contributed by atoms with Gasteiger partial charge in [0, 0.05) is 11.6 Å². The SMILES string of the molecule is Cc1ccccc1-c1ccc([N+](=O)[O-])c2nonc12. The number of hydrogen-bond acceptors (Lipinski definition) is 5. The standard InChI is InChI=1S/C13H9N3O3/c1-8-4-2-3-5-9(8)10-6-7-11(16(17)18)13-12(10)14-19-15-13/h2-7H,1H3. The topological polar surface area (TPSA) is 82.1 Å². The predicted molar refractivity (Wildman–Crippen MR) is 68.6 cm³/mol. The van der Waals surface area contributed by atoms with Crippen molar-refractivity contribution in [3.05, 3.63) is 52.1 Å². The number of benzene rings is 2. The van der Waals surface area contributed by atoms with Crippen molar-refractivity contribution in [1.29, 1.82) is 0 Å². The van der Waals surface area contributed by atoms with Crippen LogP contribution in [0.15, 0.2) is 41.0 Å². The first-order chi connectivity index (χ1) is 9.18. The van der Waals surface area contributed by atoms with Crippen LogP contribution in [0.1, 0.15) is 5.56 Å². The van der Waals surface area contributed by atoms with Gasteiger partial charge in [-0.1, -0.05) is 24.3 Å². The van der Waals surface area contributed by atoms with Gasteiger partial charge < -0.3 is 0 Å². The largest absolute Gasteiger partial charge is 0.300 e. The zero-order chi connectivity index (χ0) is 13.4. The number of hydrogen-bond donors (Lipinski definition) is 0. The molecule has 19 heavy (non-hydrogen) atoms. The lowest BCUT2D eigenvalue weighted by Crippen LogP contribution is -1.91. The van der Waals surface area contributed by atoms with Gasteiger partial charge in [0.15, 0.2) is 0 Å². The van der Waals surface area contributed by atoms with Crippen LogP contribution in [0.2, 0.25) is 0 Å². The summed E-state index contributed by atoms with van der Waals surface area (Å²) in [5, 5.41) is 18.3. The summed E-state index contributed by atoms with van der Waals surface area (Å²) in [7, 11) is 0. The molecule has 0 spiro atoms. The molecule has 0 aliphatic rings. The smallest absolute Gasteiger partial charge is 0.258 e. The highest BCUT2D eigenvalue weighted by molar-refractivity contribution is 5.96. The van der Waals surface area contributed by atoms with E-state index in [2.05, 4.69) is 14.9 Å². The molecule has 0 aliphatic carbocycles. The van der Waals surface area contributed by atoms with Gasteiger partial charge in [-0.05, 0) is 34.4 Å². The molecule has 6 nitrogen and oxygen atoms in total. The maximum absolute atomic E-state index is 10.9. The van der Waals surface area contributed by atoms with E-state index in [-0.39, 0.29) is 11.2 Å². The fourth-order valence-electron chi connectivity index (χ4n) is 2.09. The van der Waals surface area contributed by atoms with Gasteiger partial charge in [0.1, 0.15) is 5.52 Å². The molecule has 0 saturated heterocycles. The molecule has 94 valence electrons. The monoisotopic (exact) mass is 255 g/mol. The van der Waals surface area contributed by atoms with E-state index >= 15 is 0 Å². The highest BCUT2D eigenvalue weighted by Crippen LogP contribution is 2.33. The first kappa shape index (κ1) is 11.3. The normalized spacial score (nSPS) is 10.8. The Morgan fingerprint density at radius 1 is 1.05 bits per heavy atom. The van der Waals surface area contributed by atoms with Gasteiger partial charge in [-0.3, -0.25) is 10.1 Å². The number of aryl methyl sites for hydroxylation is 1. The lowest BCUT2D eigenvalue weighted by molar-refractivity contribution is -0.383. The summed E-state index contributed by atoms with van der Waals surface area (Å²) >= 11 is 0. The molecule has 1 heterocycles. The summed E-state index contributed by atoms with van der Waals surface area (Å²) < 4.78 is 4.65. The molecule has 0 fully saturated rings.